The van der Waals surface area contributed by atoms with Crippen molar-refractivity contribution in [2.75, 3.05) is 0 Å². The largest absolute Gasteiger partial charge is 0.478 e. The molecule has 0 aromatic carbocycles. The summed E-state index contributed by atoms with van der Waals surface area (Å²) in [4.78, 5) is 15.1. The summed E-state index contributed by atoms with van der Waals surface area (Å²) in [6.07, 6.45) is 9.59. The van der Waals surface area contributed by atoms with Crippen LogP contribution in [0.4, 0.5) is 0 Å². The van der Waals surface area contributed by atoms with Crippen LogP contribution in [0.15, 0.2) is 18.5 Å². The van der Waals surface area contributed by atoms with Gasteiger partial charge in [-0.1, -0.05) is 19.3 Å². The fourth-order valence-electron chi connectivity index (χ4n) is 2.84. The highest BCUT2D eigenvalue weighted by atomic mass is 16.4. The number of hydrogen-bond acceptors (Lipinski definition) is 3. The molecule has 2 aromatic rings. The molecular formula is C14H17N3O2. The van der Waals surface area contributed by atoms with Crippen LogP contribution in [0.25, 0.3) is 11.0 Å². The number of carboxylic acids is 1. The SMILES string of the molecule is O=C(O)c1cnc2c(cnn2CC2CCCCC2)c1. The third kappa shape index (κ3) is 2.45. The third-order valence-electron chi connectivity index (χ3n) is 3.88. The van der Waals surface area contributed by atoms with Gasteiger partial charge >= 0.3 is 5.97 Å². The van der Waals surface area contributed by atoms with E-state index in [1.807, 2.05) is 4.68 Å². The Morgan fingerprint density at radius 2 is 2.11 bits per heavy atom. The number of fused-ring (bicyclic) bond motifs is 1. The van der Waals surface area contributed by atoms with Crippen molar-refractivity contribution >= 4 is 17.0 Å². The second kappa shape index (κ2) is 4.99. The molecule has 5 heteroatoms. The molecule has 0 amide bonds. The highest BCUT2D eigenvalue weighted by Gasteiger charge is 2.16. The van der Waals surface area contributed by atoms with Crippen LogP contribution < -0.4 is 0 Å². The zero-order valence-electron chi connectivity index (χ0n) is 10.7. The second-order valence-electron chi connectivity index (χ2n) is 5.27. The third-order valence-corrected chi connectivity index (χ3v) is 3.88. The summed E-state index contributed by atoms with van der Waals surface area (Å²) in [5.41, 5.74) is 1.00. The van der Waals surface area contributed by atoms with Gasteiger partial charge in [-0.25, -0.2) is 14.5 Å². The summed E-state index contributed by atoms with van der Waals surface area (Å²) in [5.74, 6) is -0.271. The lowest BCUT2D eigenvalue weighted by atomic mass is 9.89. The predicted octanol–water partition coefficient (Wildman–Crippen LogP) is 2.71. The molecule has 5 nitrogen and oxygen atoms in total. The average molecular weight is 259 g/mol. The van der Waals surface area contributed by atoms with Crippen molar-refractivity contribution < 1.29 is 9.90 Å². The van der Waals surface area contributed by atoms with Crippen molar-refractivity contribution in [1.82, 2.24) is 14.8 Å². The molecule has 3 rings (SSSR count). The number of pyridine rings is 1. The number of hydrogen-bond donors (Lipinski definition) is 1. The minimum Gasteiger partial charge on any atom is -0.478 e. The van der Waals surface area contributed by atoms with E-state index in [2.05, 4.69) is 10.1 Å². The molecule has 2 aromatic heterocycles. The van der Waals surface area contributed by atoms with Crippen LogP contribution in [-0.2, 0) is 6.54 Å². The smallest absolute Gasteiger partial charge is 0.337 e. The number of nitrogens with zero attached hydrogens (tertiary/aromatic N) is 3. The molecule has 0 bridgehead atoms. The fourth-order valence-corrected chi connectivity index (χ4v) is 2.84. The first-order chi connectivity index (χ1) is 9.24. The molecule has 0 saturated heterocycles. The van der Waals surface area contributed by atoms with E-state index in [0.29, 0.717) is 5.92 Å². The molecule has 1 saturated carbocycles. The van der Waals surface area contributed by atoms with Crippen molar-refractivity contribution in [3.63, 3.8) is 0 Å². The van der Waals surface area contributed by atoms with Gasteiger partial charge in [-0.05, 0) is 24.8 Å². The van der Waals surface area contributed by atoms with E-state index in [0.717, 1.165) is 17.6 Å². The fraction of sp³-hybridized carbons (Fsp3) is 0.500. The first kappa shape index (κ1) is 12.1. The maximum Gasteiger partial charge on any atom is 0.337 e. The summed E-state index contributed by atoms with van der Waals surface area (Å²) >= 11 is 0. The highest BCUT2D eigenvalue weighted by Crippen LogP contribution is 2.26. The lowest BCUT2D eigenvalue weighted by Gasteiger charge is -2.21. The highest BCUT2D eigenvalue weighted by molar-refractivity contribution is 5.91. The van der Waals surface area contributed by atoms with E-state index in [9.17, 15) is 4.79 Å². The normalized spacial score (nSPS) is 16.8. The maximum absolute atomic E-state index is 10.9. The maximum atomic E-state index is 10.9. The molecule has 0 unspecified atom stereocenters. The monoisotopic (exact) mass is 259 g/mol. The molecule has 0 radical (unpaired) electrons. The summed E-state index contributed by atoms with van der Waals surface area (Å²) in [5, 5.41) is 14.1. The van der Waals surface area contributed by atoms with Crippen LogP contribution in [0.5, 0.6) is 0 Å². The molecule has 100 valence electrons. The van der Waals surface area contributed by atoms with Gasteiger partial charge in [-0.15, -0.1) is 0 Å². The molecule has 1 fully saturated rings. The van der Waals surface area contributed by atoms with Crippen LogP contribution in [0.3, 0.4) is 0 Å². The quantitative estimate of drug-likeness (QED) is 0.920. The van der Waals surface area contributed by atoms with Gasteiger partial charge in [0.05, 0.1) is 11.8 Å². The number of aromatic nitrogens is 3. The van der Waals surface area contributed by atoms with E-state index in [-0.39, 0.29) is 5.56 Å². The molecule has 2 heterocycles. The van der Waals surface area contributed by atoms with Gasteiger partial charge < -0.3 is 5.11 Å². The standard InChI is InChI=1S/C14H17N3O2/c18-14(19)12-6-11-8-16-17(13(11)15-7-12)9-10-4-2-1-3-5-10/h6-8,10H,1-5,9H2,(H,18,19). The van der Waals surface area contributed by atoms with Gasteiger partial charge in [-0.2, -0.15) is 5.10 Å². The van der Waals surface area contributed by atoms with Gasteiger partial charge in [0.25, 0.3) is 0 Å². The zero-order chi connectivity index (χ0) is 13.2. The molecule has 0 spiro atoms. The molecular weight excluding hydrogens is 242 g/mol. The molecule has 0 atom stereocenters. The summed E-state index contributed by atoms with van der Waals surface area (Å²) in [6.45, 7) is 0.892. The van der Waals surface area contributed by atoms with Gasteiger partial charge in [0.15, 0.2) is 5.65 Å². The van der Waals surface area contributed by atoms with E-state index in [1.165, 1.54) is 38.3 Å². The van der Waals surface area contributed by atoms with E-state index in [4.69, 9.17) is 5.11 Å². The predicted molar refractivity (Wildman–Crippen MR) is 71.1 cm³/mol. The van der Waals surface area contributed by atoms with Gasteiger partial charge in [0.1, 0.15) is 0 Å². The lowest BCUT2D eigenvalue weighted by Crippen LogP contribution is -2.15. The Labute approximate surface area is 111 Å². The minimum absolute atomic E-state index is 0.213. The van der Waals surface area contributed by atoms with Crippen LogP contribution in [0.1, 0.15) is 42.5 Å². The van der Waals surface area contributed by atoms with E-state index < -0.39 is 5.97 Å². The topological polar surface area (TPSA) is 68.0 Å². The number of carbonyl (C=O) groups is 1. The molecule has 1 aliphatic carbocycles. The summed E-state index contributed by atoms with van der Waals surface area (Å²) in [7, 11) is 0. The zero-order valence-corrected chi connectivity index (χ0v) is 10.7. The van der Waals surface area contributed by atoms with Crippen molar-refractivity contribution in [1.29, 1.82) is 0 Å². The Morgan fingerprint density at radius 3 is 2.84 bits per heavy atom. The van der Waals surface area contributed by atoms with Crippen LogP contribution in [0, 0.1) is 5.92 Å². The minimum atomic E-state index is -0.950. The lowest BCUT2D eigenvalue weighted by molar-refractivity contribution is 0.0696. The van der Waals surface area contributed by atoms with Crippen LogP contribution in [-0.4, -0.2) is 25.8 Å². The molecule has 1 aliphatic rings. The van der Waals surface area contributed by atoms with Crippen molar-refractivity contribution in [3.05, 3.63) is 24.0 Å². The van der Waals surface area contributed by atoms with Crippen LogP contribution in [0.2, 0.25) is 0 Å². The van der Waals surface area contributed by atoms with Gasteiger partial charge in [-0.3, -0.25) is 0 Å². The van der Waals surface area contributed by atoms with Crippen molar-refractivity contribution in [2.45, 2.75) is 38.6 Å². The summed E-state index contributed by atoms with van der Waals surface area (Å²) < 4.78 is 1.91. The Kier molecular flexibility index (Phi) is 3.19. The molecule has 19 heavy (non-hydrogen) atoms. The van der Waals surface area contributed by atoms with Crippen molar-refractivity contribution in [2.24, 2.45) is 5.92 Å². The van der Waals surface area contributed by atoms with Crippen molar-refractivity contribution in [3.8, 4) is 0 Å². The summed E-state index contributed by atoms with van der Waals surface area (Å²) in [6, 6.07) is 1.63. The van der Waals surface area contributed by atoms with Gasteiger partial charge in [0.2, 0.25) is 0 Å². The number of aromatic carboxylic acids is 1. The number of rotatable bonds is 3. The van der Waals surface area contributed by atoms with Crippen LogP contribution >= 0.6 is 0 Å². The Bertz CT molecular complexity index is 600. The molecule has 0 aliphatic heterocycles. The second-order valence-corrected chi connectivity index (χ2v) is 5.27. The Morgan fingerprint density at radius 1 is 1.32 bits per heavy atom. The number of carboxylic acid groups (broad SMARTS) is 1. The van der Waals surface area contributed by atoms with Gasteiger partial charge in [0, 0.05) is 18.1 Å². The molecule has 1 N–H and O–H groups in total. The van der Waals surface area contributed by atoms with E-state index in [1.54, 1.807) is 12.3 Å². The Hall–Kier alpha value is -1.91. The first-order valence-corrected chi connectivity index (χ1v) is 6.79. The average Bonchev–Trinajstić information content (AvgIpc) is 2.82. The van der Waals surface area contributed by atoms with E-state index >= 15 is 0 Å². The first-order valence-electron chi connectivity index (χ1n) is 6.79. The Balaban J connectivity index is 1.86.